The van der Waals surface area contributed by atoms with Crippen molar-refractivity contribution in [1.82, 2.24) is 10.2 Å². The number of nitrogens with zero attached hydrogens (tertiary/aromatic N) is 1. The van der Waals surface area contributed by atoms with Gasteiger partial charge in [-0.15, -0.1) is 0 Å². The third-order valence-electron chi connectivity index (χ3n) is 4.12. The van der Waals surface area contributed by atoms with Gasteiger partial charge in [0.05, 0.1) is 18.7 Å². The fourth-order valence-corrected chi connectivity index (χ4v) is 3.29. The minimum absolute atomic E-state index is 0.0716. The van der Waals surface area contributed by atoms with E-state index < -0.39 is 24.5 Å². The Bertz CT molecular complexity index is 1040. The maximum absolute atomic E-state index is 12.7. The Kier molecular flexibility index (Phi) is 6.63. The van der Waals surface area contributed by atoms with Gasteiger partial charge in [0.15, 0.2) is 18.1 Å². The molecule has 3 rings (SSSR count). The van der Waals surface area contributed by atoms with Gasteiger partial charge in [-0.3, -0.25) is 9.69 Å². The van der Waals surface area contributed by atoms with Crippen LogP contribution in [0.15, 0.2) is 46.6 Å². The molecule has 30 heavy (non-hydrogen) atoms. The number of nitrogens with one attached hydrogen (secondary N) is 1. The lowest BCUT2D eigenvalue weighted by Gasteiger charge is -2.12. The summed E-state index contributed by atoms with van der Waals surface area (Å²) in [6, 6.07) is 9.74. The zero-order valence-corrected chi connectivity index (χ0v) is 18.0. The van der Waals surface area contributed by atoms with Crippen molar-refractivity contribution in [2.75, 3.05) is 13.7 Å². The Morgan fingerprint density at radius 3 is 2.60 bits per heavy atom. The summed E-state index contributed by atoms with van der Waals surface area (Å²) in [4.78, 5) is 36.8. The third kappa shape index (κ3) is 4.92. The third-order valence-corrected chi connectivity index (χ3v) is 4.93. The molecule has 0 radical (unpaired) electrons. The Hall–Kier alpha value is -3.04. The van der Waals surface area contributed by atoms with Crippen LogP contribution in [0.2, 0.25) is 5.02 Å². The molecule has 10 heteroatoms. The van der Waals surface area contributed by atoms with E-state index in [0.29, 0.717) is 5.56 Å². The predicted octanol–water partition coefficient (Wildman–Crippen LogP) is 3.67. The van der Waals surface area contributed by atoms with Crippen molar-refractivity contribution in [2.45, 2.75) is 6.54 Å². The summed E-state index contributed by atoms with van der Waals surface area (Å²) in [6.45, 7) is -0.461. The highest BCUT2D eigenvalue weighted by atomic mass is 79.9. The summed E-state index contributed by atoms with van der Waals surface area (Å²) in [5.41, 5.74) is 1.34. The van der Waals surface area contributed by atoms with Crippen LogP contribution in [0.1, 0.15) is 11.1 Å². The number of aliphatic carboxylic acids is 1. The minimum Gasteiger partial charge on any atom is -0.493 e. The summed E-state index contributed by atoms with van der Waals surface area (Å²) < 4.78 is 11.2. The molecule has 1 aliphatic rings. The van der Waals surface area contributed by atoms with Crippen molar-refractivity contribution in [3.8, 4) is 11.5 Å². The summed E-state index contributed by atoms with van der Waals surface area (Å²) in [7, 11) is 1.37. The van der Waals surface area contributed by atoms with Crippen LogP contribution in [0.4, 0.5) is 4.79 Å². The monoisotopic (exact) mass is 494 g/mol. The average Bonchev–Trinajstić information content (AvgIpc) is 2.95. The number of rotatable bonds is 7. The quantitative estimate of drug-likeness (QED) is 0.449. The van der Waals surface area contributed by atoms with Crippen LogP contribution in [-0.2, 0) is 16.1 Å². The van der Waals surface area contributed by atoms with Gasteiger partial charge in [-0.1, -0.05) is 39.7 Å². The molecule has 0 spiro atoms. The Morgan fingerprint density at radius 2 is 1.97 bits per heavy atom. The zero-order valence-electron chi connectivity index (χ0n) is 15.6. The number of ether oxygens (including phenoxy) is 2. The Morgan fingerprint density at radius 1 is 1.27 bits per heavy atom. The maximum Gasteiger partial charge on any atom is 0.341 e. The van der Waals surface area contributed by atoms with E-state index in [4.69, 9.17) is 26.2 Å². The van der Waals surface area contributed by atoms with E-state index in [0.717, 1.165) is 14.9 Å². The number of benzene rings is 2. The largest absolute Gasteiger partial charge is 0.493 e. The van der Waals surface area contributed by atoms with E-state index in [-0.39, 0.29) is 28.8 Å². The highest BCUT2D eigenvalue weighted by Gasteiger charge is 2.33. The molecule has 0 bridgehead atoms. The molecule has 1 heterocycles. The van der Waals surface area contributed by atoms with Crippen molar-refractivity contribution in [2.24, 2.45) is 0 Å². The SMILES string of the molecule is COc1cc(/C=C2/NC(=O)N(Cc3ccc(Br)cc3)C2=O)cc(Cl)c1OCC(=O)O. The summed E-state index contributed by atoms with van der Waals surface area (Å²) in [5.74, 6) is -1.38. The molecule has 2 N–H and O–H groups in total. The molecule has 8 nitrogen and oxygen atoms in total. The van der Waals surface area contributed by atoms with Crippen LogP contribution in [0.25, 0.3) is 6.08 Å². The van der Waals surface area contributed by atoms with Gasteiger partial charge in [-0.2, -0.15) is 0 Å². The van der Waals surface area contributed by atoms with E-state index in [1.54, 1.807) is 0 Å². The van der Waals surface area contributed by atoms with Crippen LogP contribution in [0.5, 0.6) is 11.5 Å². The normalized spacial score (nSPS) is 14.8. The fraction of sp³-hybridized carbons (Fsp3) is 0.150. The first-order valence-electron chi connectivity index (χ1n) is 8.59. The zero-order chi connectivity index (χ0) is 21.8. The van der Waals surface area contributed by atoms with Gasteiger partial charge in [0.25, 0.3) is 5.91 Å². The molecule has 0 unspecified atom stereocenters. The van der Waals surface area contributed by atoms with Gasteiger partial charge in [0, 0.05) is 4.47 Å². The predicted molar refractivity (Wildman–Crippen MR) is 112 cm³/mol. The number of hydrogen-bond donors (Lipinski definition) is 2. The molecule has 1 saturated heterocycles. The molecule has 1 fully saturated rings. The first kappa shape index (κ1) is 21.7. The number of amides is 3. The number of carbonyl (C=O) groups excluding carboxylic acids is 2. The first-order valence-corrected chi connectivity index (χ1v) is 9.76. The molecule has 3 amide bonds. The van der Waals surface area contributed by atoms with Crippen LogP contribution >= 0.6 is 27.5 Å². The van der Waals surface area contributed by atoms with Crippen molar-refractivity contribution in [1.29, 1.82) is 0 Å². The number of imide groups is 1. The van der Waals surface area contributed by atoms with Crippen LogP contribution in [0, 0.1) is 0 Å². The van der Waals surface area contributed by atoms with Gasteiger partial charge in [0.1, 0.15) is 5.70 Å². The fourth-order valence-electron chi connectivity index (χ4n) is 2.75. The van der Waals surface area contributed by atoms with E-state index in [1.165, 1.54) is 25.3 Å². The standard InChI is InChI=1S/C20H16BrClN2O6/c1-29-16-8-12(6-14(22)18(16)30-10-17(25)26)7-15-19(27)24(20(28)23-15)9-11-2-4-13(21)5-3-11/h2-8H,9-10H2,1H3,(H,23,28)(H,25,26)/b15-7+. The molecule has 1 aliphatic heterocycles. The number of carboxylic acids is 1. The summed E-state index contributed by atoms with van der Waals surface area (Å²) in [6.07, 6.45) is 1.46. The number of urea groups is 1. The van der Waals surface area contributed by atoms with E-state index in [9.17, 15) is 14.4 Å². The van der Waals surface area contributed by atoms with Crippen LogP contribution < -0.4 is 14.8 Å². The molecule has 2 aromatic carbocycles. The lowest BCUT2D eigenvalue weighted by atomic mass is 10.1. The molecule has 156 valence electrons. The van der Waals surface area contributed by atoms with Gasteiger partial charge in [0.2, 0.25) is 0 Å². The highest BCUT2D eigenvalue weighted by molar-refractivity contribution is 9.10. The van der Waals surface area contributed by atoms with Gasteiger partial charge >= 0.3 is 12.0 Å². The van der Waals surface area contributed by atoms with E-state index >= 15 is 0 Å². The van der Waals surface area contributed by atoms with Gasteiger partial charge in [-0.25, -0.2) is 9.59 Å². The van der Waals surface area contributed by atoms with Crippen molar-refractivity contribution < 1.29 is 29.0 Å². The lowest BCUT2D eigenvalue weighted by Crippen LogP contribution is -2.30. The van der Waals surface area contributed by atoms with Crippen molar-refractivity contribution in [3.63, 3.8) is 0 Å². The molecule has 0 saturated carbocycles. The number of methoxy groups -OCH3 is 1. The molecular weight excluding hydrogens is 480 g/mol. The van der Waals surface area contributed by atoms with Crippen LogP contribution in [-0.4, -0.2) is 41.6 Å². The Labute approximate surface area is 185 Å². The second kappa shape index (κ2) is 9.19. The minimum atomic E-state index is -1.16. The Balaban J connectivity index is 1.83. The molecular formula is C20H16BrClN2O6. The molecule has 0 aliphatic carbocycles. The smallest absolute Gasteiger partial charge is 0.341 e. The molecule has 2 aromatic rings. The topological polar surface area (TPSA) is 105 Å². The maximum atomic E-state index is 12.7. The van der Waals surface area contributed by atoms with Gasteiger partial charge < -0.3 is 19.9 Å². The summed E-state index contributed by atoms with van der Waals surface area (Å²) in [5, 5.41) is 11.4. The van der Waals surface area contributed by atoms with Crippen LogP contribution in [0.3, 0.4) is 0 Å². The second-order valence-corrected chi connectivity index (χ2v) is 7.55. The van der Waals surface area contributed by atoms with Gasteiger partial charge in [-0.05, 0) is 41.5 Å². The number of hydrogen-bond acceptors (Lipinski definition) is 5. The van der Waals surface area contributed by atoms with E-state index in [2.05, 4.69) is 21.2 Å². The van der Waals surface area contributed by atoms with E-state index in [1.807, 2.05) is 24.3 Å². The lowest BCUT2D eigenvalue weighted by molar-refractivity contribution is -0.139. The number of halogens is 2. The summed E-state index contributed by atoms with van der Waals surface area (Å²) >= 11 is 9.52. The number of carboxylic acid groups (broad SMARTS) is 1. The van der Waals surface area contributed by atoms with Crippen molar-refractivity contribution >= 4 is 51.5 Å². The second-order valence-electron chi connectivity index (χ2n) is 6.22. The number of carbonyl (C=O) groups is 3. The van der Waals surface area contributed by atoms with Crippen molar-refractivity contribution in [3.05, 3.63) is 62.7 Å². The molecule has 0 atom stereocenters. The first-order chi connectivity index (χ1) is 14.3. The average molecular weight is 496 g/mol. The highest BCUT2D eigenvalue weighted by Crippen LogP contribution is 2.37. The molecule has 0 aromatic heterocycles.